The predicted octanol–water partition coefficient (Wildman–Crippen LogP) is 3.41. The smallest absolute Gasteiger partial charge is 0.251 e. The van der Waals surface area contributed by atoms with Gasteiger partial charge in [0.15, 0.2) is 0 Å². The Morgan fingerprint density at radius 2 is 1.71 bits per heavy atom. The van der Waals surface area contributed by atoms with Crippen molar-refractivity contribution in [3.8, 4) is 0 Å². The molecule has 0 saturated carbocycles. The lowest BCUT2D eigenvalue weighted by atomic mass is 9.84. The van der Waals surface area contributed by atoms with Gasteiger partial charge in [-0.1, -0.05) is 60.7 Å². The van der Waals surface area contributed by atoms with Gasteiger partial charge in [-0.3, -0.25) is 9.59 Å². The van der Waals surface area contributed by atoms with Gasteiger partial charge in [0.1, 0.15) is 0 Å². The molecule has 0 radical (unpaired) electrons. The second kappa shape index (κ2) is 9.92. The molecule has 2 aromatic carbocycles. The lowest BCUT2D eigenvalue weighted by Crippen LogP contribution is -2.56. The number of nitrogens with one attached hydrogen (secondary N) is 1. The first kappa shape index (κ1) is 21.3. The highest BCUT2D eigenvalue weighted by Crippen LogP contribution is 2.29. The molecule has 0 aliphatic carbocycles. The zero-order valence-electron chi connectivity index (χ0n) is 17.9. The maximum Gasteiger partial charge on any atom is 0.251 e. The fourth-order valence-electron chi connectivity index (χ4n) is 4.71. The van der Waals surface area contributed by atoms with Crippen molar-refractivity contribution in [1.29, 1.82) is 0 Å². The summed E-state index contributed by atoms with van der Waals surface area (Å²) < 4.78 is 0. The summed E-state index contributed by atoms with van der Waals surface area (Å²) in [7, 11) is 0. The molecule has 3 atom stereocenters. The number of carbonyl (C=O) groups excluding carboxylic acids is 2. The van der Waals surface area contributed by atoms with Crippen molar-refractivity contribution in [2.75, 3.05) is 13.1 Å². The number of benzene rings is 2. The molecule has 162 valence electrons. The van der Waals surface area contributed by atoms with Crippen molar-refractivity contribution in [3.05, 3.63) is 83.4 Å². The van der Waals surface area contributed by atoms with Crippen molar-refractivity contribution in [1.82, 2.24) is 10.2 Å². The van der Waals surface area contributed by atoms with E-state index in [2.05, 4.69) is 29.6 Å². The number of amides is 2. The van der Waals surface area contributed by atoms with E-state index in [9.17, 15) is 9.59 Å². The molecule has 2 aliphatic rings. The normalized spacial score (nSPS) is 26.2. The minimum Gasteiger partial charge on any atom is -0.347 e. The molecule has 0 aromatic heterocycles. The molecule has 2 aromatic rings. The number of nitrogens with two attached hydrogens (primary N) is 1. The largest absolute Gasteiger partial charge is 0.347 e. The maximum atomic E-state index is 13.3. The Hall–Kier alpha value is -2.92. The molecule has 1 unspecified atom stereocenters. The SMILES string of the molecule is NC1CCC/C=C/Cc2ccccc2C(=O)N[C@@H]2CN(CC[C@@H]2c2ccccc2)C1=O. The van der Waals surface area contributed by atoms with Crippen LogP contribution in [-0.4, -0.2) is 41.9 Å². The third-order valence-electron chi connectivity index (χ3n) is 6.44. The van der Waals surface area contributed by atoms with Crippen LogP contribution in [0.2, 0.25) is 0 Å². The molecule has 2 amide bonds. The van der Waals surface area contributed by atoms with Crippen molar-refractivity contribution in [3.63, 3.8) is 0 Å². The molecule has 31 heavy (non-hydrogen) atoms. The first-order valence-electron chi connectivity index (χ1n) is 11.3. The third-order valence-corrected chi connectivity index (χ3v) is 6.44. The standard InChI is InChI=1S/C26H31N3O2/c27-23-15-7-2-1-4-12-20-13-8-9-14-22(20)25(30)28-24-18-29(26(23)31)17-16-21(24)19-10-5-3-6-11-19/h1,3-6,8-11,13-14,21,23-24H,2,7,12,15-18,27H2,(H,28,30)/b4-1+/t21-,23?,24-/m1/s1. The molecule has 0 spiro atoms. The van der Waals surface area contributed by atoms with E-state index >= 15 is 0 Å². The van der Waals surface area contributed by atoms with Crippen molar-refractivity contribution in [2.45, 2.75) is 50.1 Å². The van der Waals surface area contributed by atoms with Gasteiger partial charge in [0, 0.05) is 24.6 Å². The Morgan fingerprint density at radius 1 is 0.935 bits per heavy atom. The summed E-state index contributed by atoms with van der Waals surface area (Å²) in [6.07, 6.45) is 8.18. The molecule has 4 rings (SSSR count). The molecular weight excluding hydrogens is 386 g/mol. The molecule has 3 N–H and O–H groups in total. The van der Waals surface area contributed by atoms with Crippen LogP contribution in [0.15, 0.2) is 66.7 Å². The molecule has 1 saturated heterocycles. The summed E-state index contributed by atoms with van der Waals surface area (Å²) in [5.41, 5.74) is 9.15. The lowest BCUT2D eigenvalue weighted by Gasteiger charge is -2.40. The fraction of sp³-hybridized carbons (Fsp3) is 0.385. The average Bonchev–Trinajstić information content (AvgIpc) is 2.81. The van der Waals surface area contributed by atoms with E-state index in [0.29, 0.717) is 31.5 Å². The van der Waals surface area contributed by atoms with E-state index in [1.807, 2.05) is 47.4 Å². The van der Waals surface area contributed by atoms with Gasteiger partial charge in [0.05, 0.1) is 12.1 Å². The third kappa shape index (κ3) is 5.05. The number of hydrogen-bond donors (Lipinski definition) is 2. The Kier molecular flexibility index (Phi) is 6.82. The minimum absolute atomic E-state index is 0.00925. The molecular formula is C26H31N3O2. The highest BCUT2D eigenvalue weighted by atomic mass is 16.2. The van der Waals surface area contributed by atoms with Crippen LogP contribution in [0.4, 0.5) is 0 Å². The Labute approximate surface area is 184 Å². The van der Waals surface area contributed by atoms with Crippen LogP contribution in [0.3, 0.4) is 0 Å². The highest BCUT2D eigenvalue weighted by Gasteiger charge is 2.35. The van der Waals surface area contributed by atoms with Crippen LogP contribution in [0.1, 0.15) is 53.1 Å². The highest BCUT2D eigenvalue weighted by molar-refractivity contribution is 5.96. The number of hydrogen-bond acceptors (Lipinski definition) is 3. The first-order chi connectivity index (χ1) is 15.1. The number of carbonyl (C=O) groups is 2. The lowest BCUT2D eigenvalue weighted by molar-refractivity contribution is -0.134. The van der Waals surface area contributed by atoms with Crippen molar-refractivity contribution in [2.24, 2.45) is 5.73 Å². The van der Waals surface area contributed by atoms with Gasteiger partial charge in [0.2, 0.25) is 5.91 Å². The first-order valence-corrected chi connectivity index (χ1v) is 11.3. The van der Waals surface area contributed by atoms with Gasteiger partial charge in [-0.2, -0.15) is 0 Å². The maximum absolute atomic E-state index is 13.3. The van der Waals surface area contributed by atoms with Gasteiger partial charge < -0.3 is 16.0 Å². The number of piperidine rings is 1. The van der Waals surface area contributed by atoms with E-state index in [1.165, 1.54) is 5.56 Å². The van der Waals surface area contributed by atoms with Gasteiger partial charge >= 0.3 is 0 Å². The summed E-state index contributed by atoms with van der Waals surface area (Å²) in [6, 6.07) is 17.4. The van der Waals surface area contributed by atoms with E-state index < -0.39 is 6.04 Å². The summed E-state index contributed by atoms with van der Waals surface area (Å²) in [5.74, 6) is 0.0709. The Balaban J connectivity index is 1.66. The topological polar surface area (TPSA) is 75.4 Å². The van der Waals surface area contributed by atoms with E-state index in [0.717, 1.165) is 24.8 Å². The quantitative estimate of drug-likeness (QED) is 0.698. The monoisotopic (exact) mass is 417 g/mol. The fourth-order valence-corrected chi connectivity index (χ4v) is 4.71. The van der Waals surface area contributed by atoms with Crippen molar-refractivity contribution >= 4 is 11.8 Å². The van der Waals surface area contributed by atoms with Gasteiger partial charge in [-0.15, -0.1) is 0 Å². The predicted molar refractivity (Wildman–Crippen MR) is 123 cm³/mol. The average molecular weight is 418 g/mol. The van der Waals surface area contributed by atoms with Crippen LogP contribution in [0, 0.1) is 0 Å². The second-order valence-corrected chi connectivity index (χ2v) is 8.54. The van der Waals surface area contributed by atoms with Gasteiger partial charge in [0.25, 0.3) is 5.91 Å². The van der Waals surface area contributed by atoms with Gasteiger partial charge in [-0.05, 0) is 49.3 Å². The number of allylic oxidation sites excluding steroid dienone is 2. The van der Waals surface area contributed by atoms with Gasteiger partial charge in [-0.25, -0.2) is 0 Å². The van der Waals surface area contributed by atoms with Crippen molar-refractivity contribution < 1.29 is 9.59 Å². The summed E-state index contributed by atoms with van der Waals surface area (Å²) in [4.78, 5) is 28.1. The van der Waals surface area contributed by atoms with Crippen LogP contribution < -0.4 is 11.1 Å². The molecule has 5 heteroatoms. The summed E-state index contributed by atoms with van der Waals surface area (Å²) >= 11 is 0. The summed E-state index contributed by atoms with van der Waals surface area (Å²) in [5, 5.41) is 3.26. The van der Waals surface area contributed by atoms with E-state index in [1.54, 1.807) is 0 Å². The zero-order chi connectivity index (χ0) is 21.6. The number of rotatable bonds is 1. The van der Waals surface area contributed by atoms with Crippen LogP contribution in [0.5, 0.6) is 0 Å². The molecule has 2 bridgehead atoms. The Bertz CT molecular complexity index is 941. The summed E-state index contributed by atoms with van der Waals surface area (Å²) in [6.45, 7) is 1.15. The zero-order valence-corrected chi connectivity index (χ0v) is 17.9. The Morgan fingerprint density at radius 3 is 2.55 bits per heavy atom. The van der Waals surface area contributed by atoms with Crippen LogP contribution in [-0.2, 0) is 11.2 Å². The second-order valence-electron chi connectivity index (χ2n) is 8.54. The van der Waals surface area contributed by atoms with Crippen LogP contribution in [0.25, 0.3) is 0 Å². The minimum atomic E-state index is -0.486. The van der Waals surface area contributed by atoms with Crippen LogP contribution >= 0.6 is 0 Å². The molecule has 5 nitrogen and oxygen atoms in total. The molecule has 2 heterocycles. The number of fused-ring (bicyclic) bond motifs is 3. The molecule has 1 fully saturated rings. The number of nitrogens with zero attached hydrogens (tertiary/aromatic N) is 1. The van der Waals surface area contributed by atoms with E-state index in [4.69, 9.17) is 5.73 Å². The molecule has 2 aliphatic heterocycles. The van der Waals surface area contributed by atoms with E-state index in [-0.39, 0.29) is 23.8 Å².